The van der Waals surface area contributed by atoms with Gasteiger partial charge in [0.15, 0.2) is 0 Å². The van der Waals surface area contributed by atoms with Crippen molar-refractivity contribution in [2.24, 2.45) is 0 Å². The molecule has 0 aliphatic heterocycles. The highest BCUT2D eigenvalue weighted by atomic mass is 16.2. The minimum Gasteiger partial charge on any atom is -0.355 e. The van der Waals surface area contributed by atoms with Crippen LogP contribution in [0.1, 0.15) is 44.2 Å². The largest absolute Gasteiger partial charge is 0.355 e. The predicted molar refractivity (Wildman–Crippen MR) is 106 cm³/mol. The first-order valence-corrected chi connectivity index (χ1v) is 9.16. The minimum absolute atomic E-state index is 0.0460. The fraction of sp³-hybridized carbons (Fsp3) is 0.364. The van der Waals surface area contributed by atoms with Gasteiger partial charge in [0.1, 0.15) is 6.54 Å². The summed E-state index contributed by atoms with van der Waals surface area (Å²) in [5.74, 6) is 0.0198. The number of anilines is 1. The summed E-state index contributed by atoms with van der Waals surface area (Å²) in [5, 5.41) is 2.92. The molecule has 0 saturated heterocycles. The van der Waals surface area contributed by atoms with Gasteiger partial charge in [0, 0.05) is 19.2 Å². The van der Waals surface area contributed by atoms with Crippen molar-refractivity contribution >= 4 is 17.5 Å². The lowest BCUT2D eigenvalue weighted by Crippen LogP contribution is -2.40. The van der Waals surface area contributed by atoms with Crippen molar-refractivity contribution < 1.29 is 9.59 Å². The van der Waals surface area contributed by atoms with E-state index in [2.05, 4.69) is 31.3 Å². The third-order valence-corrected chi connectivity index (χ3v) is 4.34. The Morgan fingerprint density at radius 2 is 1.65 bits per heavy atom. The lowest BCUT2D eigenvalue weighted by Gasteiger charge is -2.25. The van der Waals surface area contributed by atoms with Crippen molar-refractivity contribution in [2.45, 2.75) is 39.5 Å². The molecule has 0 aliphatic rings. The van der Waals surface area contributed by atoms with Gasteiger partial charge in [-0.15, -0.1) is 0 Å². The number of amides is 2. The molecule has 0 bridgehead atoms. The number of aryl methyl sites for hydroxylation is 1. The number of benzene rings is 2. The lowest BCUT2D eigenvalue weighted by atomic mass is 10.0. The van der Waals surface area contributed by atoms with Gasteiger partial charge >= 0.3 is 0 Å². The van der Waals surface area contributed by atoms with Crippen LogP contribution in [0.3, 0.4) is 0 Å². The maximum Gasteiger partial charge on any atom is 0.240 e. The summed E-state index contributed by atoms with van der Waals surface area (Å²) in [6.45, 7) is 6.32. The highest BCUT2D eigenvalue weighted by molar-refractivity contribution is 5.98. The molecule has 0 saturated carbocycles. The summed E-state index contributed by atoms with van der Waals surface area (Å²) >= 11 is 0. The molecule has 26 heavy (non-hydrogen) atoms. The molecule has 1 N–H and O–H groups in total. The second kappa shape index (κ2) is 9.76. The Hall–Kier alpha value is -2.62. The summed E-state index contributed by atoms with van der Waals surface area (Å²) in [6, 6.07) is 18.0. The van der Waals surface area contributed by atoms with Gasteiger partial charge in [-0.1, -0.05) is 62.4 Å². The standard InChI is InChI=1S/C22H28N2O2/c1-17(2)20-13-7-8-14-21(20)24(18(3)25)16-22(26)23-15-9-12-19-10-5-4-6-11-19/h4-8,10-11,13-14,17H,9,12,15-16H2,1-3H3,(H,23,26). The number of rotatable bonds is 8. The Balaban J connectivity index is 1.91. The van der Waals surface area contributed by atoms with Gasteiger partial charge in [-0.2, -0.15) is 0 Å². The van der Waals surface area contributed by atoms with E-state index in [1.54, 1.807) is 4.90 Å². The van der Waals surface area contributed by atoms with Gasteiger partial charge in [-0.25, -0.2) is 0 Å². The molecule has 2 rings (SSSR count). The van der Waals surface area contributed by atoms with Crippen molar-refractivity contribution in [3.8, 4) is 0 Å². The van der Waals surface area contributed by atoms with E-state index in [4.69, 9.17) is 0 Å². The van der Waals surface area contributed by atoms with Gasteiger partial charge in [-0.3, -0.25) is 9.59 Å². The van der Waals surface area contributed by atoms with Crippen molar-refractivity contribution in [1.82, 2.24) is 5.32 Å². The van der Waals surface area contributed by atoms with Crippen LogP contribution in [0.15, 0.2) is 54.6 Å². The Bertz CT molecular complexity index is 726. The van der Waals surface area contributed by atoms with Crippen LogP contribution in [0.5, 0.6) is 0 Å². The number of carbonyl (C=O) groups is 2. The minimum atomic E-state index is -0.133. The van der Waals surface area contributed by atoms with E-state index < -0.39 is 0 Å². The van der Waals surface area contributed by atoms with E-state index in [1.807, 2.05) is 42.5 Å². The Kier molecular flexibility index (Phi) is 7.39. The maximum absolute atomic E-state index is 12.3. The van der Waals surface area contributed by atoms with Crippen LogP contribution in [0.25, 0.3) is 0 Å². The molecule has 4 heteroatoms. The molecule has 0 radical (unpaired) electrons. The van der Waals surface area contributed by atoms with E-state index in [1.165, 1.54) is 12.5 Å². The van der Waals surface area contributed by atoms with Gasteiger partial charge in [-0.05, 0) is 36.0 Å². The van der Waals surface area contributed by atoms with Crippen LogP contribution in [-0.4, -0.2) is 24.9 Å². The van der Waals surface area contributed by atoms with Crippen molar-refractivity contribution in [3.05, 3.63) is 65.7 Å². The average molecular weight is 352 g/mol. The number of hydrogen-bond donors (Lipinski definition) is 1. The Morgan fingerprint density at radius 3 is 2.31 bits per heavy atom. The molecule has 0 spiro atoms. The average Bonchev–Trinajstić information content (AvgIpc) is 2.64. The summed E-state index contributed by atoms with van der Waals surface area (Å²) in [5.41, 5.74) is 3.15. The number of nitrogens with one attached hydrogen (secondary N) is 1. The van der Waals surface area contributed by atoms with Crippen LogP contribution in [0.4, 0.5) is 5.69 Å². The maximum atomic E-state index is 12.3. The second-order valence-corrected chi connectivity index (χ2v) is 6.76. The van der Waals surface area contributed by atoms with Gasteiger partial charge < -0.3 is 10.2 Å². The fourth-order valence-corrected chi connectivity index (χ4v) is 2.95. The van der Waals surface area contributed by atoms with Crippen LogP contribution in [-0.2, 0) is 16.0 Å². The molecule has 2 aromatic carbocycles. The zero-order chi connectivity index (χ0) is 18.9. The monoisotopic (exact) mass is 352 g/mol. The highest BCUT2D eigenvalue weighted by Crippen LogP contribution is 2.27. The first-order chi connectivity index (χ1) is 12.5. The fourth-order valence-electron chi connectivity index (χ4n) is 2.95. The van der Waals surface area contributed by atoms with E-state index in [0.717, 1.165) is 24.1 Å². The Labute approximate surface area is 156 Å². The number of nitrogens with zero attached hydrogens (tertiary/aromatic N) is 1. The molecule has 0 fully saturated rings. The number of para-hydroxylation sites is 1. The molecular weight excluding hydrogens is 324 g/mol. The van der Waals surface area contributed by atoms with Crippen LogP contribution in [0.2, 0.25) is 0 Å². The molecule has 0 aliphatic carbocycles. The van der Waals surface area contributed by atoms with Crippen molar-refractivity contribution in [3.63, 3.8) is 0 Å². The number of carbonyl (C=O) groups excluding carboxylic acids is 2. The molecule has 2 amide bonds. The number of hydrogen-bond acceptors (Lipinski definition) is 2. The quantitative estimate of drug-likeness (QED) is 0.732. The summed E-state index contributed by atoms with van der Waals surface area (Å²) in [7, 11) is 0. The molecule has 0 unspecified atom stereocenters. The molecule has 2 aromatic rings. The molecular formula is C22H28N2O2. The van der Waals surface area contributed by atoms with E-state index in [9.17, 15) is 9.59 Å². The zero-order valence-corrected chi connectivity index (χ0v) is 15.9. The van der Waals surface area contributed by atoms with E-state index >= 15 is 0 Å². The zero-order valence-electron chi connectivity index (χ0n) is 15.9. The summed E-state index contributed by atoms with van der Waals surface area (Å²) in [4.78, 5) is 26.0. The summed E-state index contributed by atoms with van der Waals surface area (Å²) < 4.78 is 0. The van der Waals surface area contributed by atoms with Gasteiger partial charge in [0.05, 0.1) is 0 Å². The SMILES string of the molecule is CC(=O)N(CC(=O)NCCCc1ccccc1)c1ccccc1C(C)C. The second-order valence-electron chi connectivity index (χ2n) is 6.76. The summed E-state index contributed by atoms with van der Waals surface area (Å²) in [6.07, 6.45) is 1.80. The molecule has 138 valence electrons. The van der Waals surface area contributed by atoms with Crippen LogP contribution < -0.4 is 10.2 Å². The van der Waals surface area contributed by atoms with Crippen LogP contribution in [0, 0.1) is 0 Å². The van der Waals surface area contributed by atoms with Gasteiger partial charge in [0.2, 0.25) is 11.8 Å². The third-order valence-electron chi connectivity index (χ3n) is 4.34. The normalized spacial score (nSPS) is 10.6. The first kappa shape index (κ1) is 19.7. The molecule has 4 nitrogen and oxygen atoms in total. The predicted octanol–water partition coefficient (Wildman–Crippen LogP) is 3.91. The van der Waals surface area contributed by atoms with E-state index in [-0.39, 0.29) is 24.3 Å². The highest BCUT2D eigenvalue weighted by Gasteiger charge is 2.19. The first-order valence-electron chi connectivity index (χ1n) is 9.16. The lowest BCUT2D eigenvalue weighted by molar-refractivity contribution is -0.123. The van der Waals surface area contributed by atoms with E-state index in [0.29, 0.717) is 6.54 Å². The third kappa shape index (κ3) is 5.73. The van der Waals surface area contributed by atoms with Gasteiger partial charge in [0.25, 0.3) is 0 Å². The van der Waals surface area contributed by atoms with Crippen LogP contribution >= 0.6 is 0 Å². The molecule has 0 atom stereocenters. The topological polar surface area (TPSA) is 49.4 Å². The molecule has 0 aromatic heterocycles. The van der Waals surface area contributed by atoms with Crippen molar-refractivity contribution in [1.29, 1.82) is 0 Å². The molecule has 0 heterocycles. The Morgan fingerprint density at radius 1 is 1.00 bits per heavy atom. The smallest absolute Gasteiger partial charge is 0.240 e. The van der Waals surface area contributed by atoms with Crippen molar-refractivity contribution in [2.75, 3.05) is 18.0 Å².